The number of alkyl halides is 1. The van der Waals surface area contributed by atoms with Gasteiger partial charge in [0.25, 0.3) is 5.91 Å². The van der Waals surface area contributed by atoms with Gasteiger partial charge in [0.1, 0.15) is 0 Å². The number of hydrogen-bond donors (Lipinski definition) is 1. The SMILES string of the molecule is CCC(CC)(CBr)CNC(=O)c1cccc(Br)c1. The average molecular weight is 377 g/mol. The Bertz CT molecular complexity index is 394. The molecule has 2 nitrogen and oxygen atoms in total. The molecule has 0 aliphatic carbocycles. The van der Waals surface area contributed by atoms with E-state index in [1.807, 2.05) is 24.3 Å². The van der Waals surface area contributed by atoms with E-state index >= 15 is 0 Å². The van der Waals surface area contributed by atoms with Gasteiger partial charge in [-0.2, -0.15) is 0 Å². The molecule has 0 saturated carbocycles. The first kappa shape index (κ1) is 15.7. The second-order valence-electron chi connectivity index (χ2n) is 4.53. The zero-order chi connectivity index (χ0) is 13.6. The largest absolute Gasteiger partial charge is 0.351 e. The van der Waals surface area contributed by atoms with Gasteiger partial charge >= 0.3 is 0 Å². The Balaban J connectivity index is 2.66. The summed E-state index contributed by atoms with van der Waals surface area (Å²) in [6.45, 7) is 5.03. The number of nitrogens with one attached hydrogen (secondary N) is 1. The van der Waals surface area contributed by atoms with Crippen molar-refractivity contribution in [3.05, 3.63) is 34.3 Å². The minimum atomic E-state index is -0.0106. The van der Waals surface area contributed by atoms with Crippen molar-refractivity contribution in [1.82, 2.24) is 5.32 Å². The van der Waals surface area contributed by atoms with E-state index in [0.29, 0.717) is 12.1 Å². The summed E-state index contributed by atoms with van der Waals surface area (Å²) in [5, 5.41) is 3.94. The van der Waals surface area contributed by atoms with Gasteiger partial charge in [0.2, 0.25) is 0 Å². The van der Waals surface area contributed by atoms with Gasteiger partial charge in [-0.05, 0) is 36.5 Å². The van der Waals surface area contributed by atoms with Crippen LogP contribution in [-0.4, -0.2) is 17.8 Å². The summed E-state index contributed by atoms with van der Waals surface area (Å²) in [5.74, 6) is -0.0106. The summed E-state index contributed by atoms with van der Waals surface area (Å²) in [6.07, 6.45) is 2.10. The van der Waals surface area contributed by atoms with E-state index in [0.717, 1.165) is 22.6 Å². The summed E-state index contributed by atoms with van der Waals surface area (Å²) in [6, 6.07) is 7.45. The van der Waals surface area contributed by atoms with Crippen molar-refractivity contribution < 1.29 is 4.79 Å². The van der Waals surface area contributed by atoms with E-state index < -0.39 is 0 Å². The van der Waals surface area contributed by atoms with E-state index in [4.69, 9.17) is 0 Å². The first-order valence-corrected chi connectivity index (χ1v) is 8.08. The summed E-state index contributed by atoms with van der Waals surface area (Å²) < 4.78 is 0.924. The Morgan fingerprint density at radius 2 is 2.00 bits per heavy atom. The molecular formula is C14H19Br2NO. The maximum absolute atomic E-state index is 12.0. The van der Waals surface area contributed by atoms with Crippen molar-refractivity contribution >= 4 is 37.8 Å². The highest BCUT2D eigenvalue weighted by Crippen LogP contribution is 2.27. The molecule has 0 aliphatic rings. The van der Waals surface area contributed by atoms with Gasteiger partial charge in [0, 0.05) is 21.9 Å². The maximum atomic E-state index is 12.0. The molecule has 0 spiro atoms. The number of amides is 1. The van der Waals surface area contributed by atoms with Crippen LogP contribution in [0.15, 0.2) is 28.7 Å². The molecule has 4 heteroatoms. The molecule has 18 heavy (non-hydrogen) atoms. The van der Waals surface area contributed by atoms with Crippen LogP contribution in [-0.2, 0) is 0 Å². The molecule has 1 rings (SSSR count). The Morgan fingerprint density at radius 1 is 1.33 bits per heavy atom. The van der Waals surface area contributed by atoms with Crippen LogP contribution in [0.2, 0.25) is 0 Å². The van der Waals surface area contributed by atoms with Crippen LogP contribution in [0.4, 0.5) is 0 Å². The van der Waals surface area contributed by atoms with Crippen molar-refractivity contribution in [3.63, 3.8) is 0 Å². The van der Waals surface area contributed by atoms with E-state index in [1.54, 1.807) is 0 Å². The fraction of sp³-hybridized carbons (Fsp3) is 0.500. The van der Waals surface area contributed by atoms with E-state index in [9.17, 15) is 4.79 Å². The Hall–Kier alpha value is -0.350. The van der Waals surface area contributed by atoms with Gasteiger partial charge in [0.05, 0.1) is 0 Å². The van der Waals surface area contributed by atoms with Crippen molar-refractivity contribution in [2.45, 2.75) is 26.7 Å². The highest BCUT2D eigenvalue weighted by molar-refractivity contribution is 9.10. The molecule has 1 aromatic rings. The number of benzene rings is 1. The summed E-state index contributed by atoms with van der Waals surface area (Å²) in [5.41, 5.74) is 0.849. The van der Waals surface area contributed by atoms with E-state index in [1.165, 1.54) is 0 Å². The van der Waals surface area contributed by atoms with E-state index in [2.05, 4.69) is 51.0 Å². The molecule has 0 fully saturated rings. The lowest BCUT2D eigenvalue weighted by Crippen LogP contribution is -2.38. The normalized spacial score (nSPS) is 11.3. The molecule has 0 heterocycles. The van der Waals surface area contributed by atoms with Crippen molar-refractivity contribution in [1.29, 1.82) is 0 Å². The molecule has 0 aliphatic heterocycles. The lowest BCUT2D eigenvalue weighted by molar-refractivity contribution is 0.0932. The molecule has 0 aromatic heterocycles. The van der Waals surface area contributed by atoms with Gasteiger partial charge in [-0.3, -0.25) is 4.79 Å². The van der Waals surface area contributed by atoms with Crippen molar-refractivity contribution in [2.24, 2.45) is 5.41 Å². The van der Waals surface area contributed by atoms with Crippen LogP contribution < -0.4 is 5.32 Å². The predicted molar refractivity (Wildman–Crippen MR) is 83.3 cm³/mol. The molecule has 1 aromatic carbocycles. The fourth-order valence-electron chi connectivity index (χ4n) is 1.74. The van der Waals surface area contributed by atoms with Crippen molar-refractivity contribution in [2.75, 3.05) is 11.9 Å². The number of rotatable bonds is 6. The van der Waals surface area contributed by atoms with Gasteiger partial charge < -0.3 is 5.32 Å². The number of hydrogen-bond acceptors (Lipinski definition) is 1. The van der Waals surface area contributed by atoms with Crippen LogP contribution in [0.5, 0.6) is 0 Å². The first-order valence-electron chi connectivity index (χ1n) is 6.16. The van der Waals surface area contributed by atoms with Gasteiger partial charge in [-0.1, -0.05) is 51.8 Å². The standard InChI is InChI=1S/C14H19Br2NO/c1-3-14(4-2,9-15)10-17-13(18)11-6-5-7-12(16)8-11/h5-8H,3-4,9-10H2,1-2H3,(H,17,18). The predicted octanol–water partition coefficient (Wildman–Crippen LogP) is 4.38. The molecule has 0 unspecified atom stereocenters. The number of carbonyl (C=O) groups excluding carboxylic acids is 1. The van der Waals surface area contributed by atoms with Gasteiger partial charge in [-0.15, -0.1) is 0 Å². The molecule has 0 bridgehead atoms. The third kappa shape index (κ3) is 4.09. The Labute approximate surface area is 126 Å². The zero-order valence-corrected chi connectivity index (χ0v) is 14.0. The molecule has 0 saturated heterocycles. The lowest BCUT2D eigenvalue weighted by atomic mass is 9.84. The van der Waals surface area contributed by atoms with Crippen LogP contribution in [0.3, 0.4) is 0 Å². The van der Waals surface area contributed by atoms with Crippen LogP contribution >= 0.6 is 31.9 Å². The van der Waals surface area contributed by atoms with Gasteiger partial charge in [-0.25, -0.2) is 0 Å². The minimum Gasteiger partial charge on any atom is -0.351 e. The number of carbonyl (C=O) groups is 1. The highest BCUT2D eigenvalue weighted by atomic mass is 79.9. The number of halogens is 2. The molecule has 1 amide bonds. The third-order valence-electron chi connectivity index (χ3n) is 3.49. The molecule has 100 valence electrons. The molecule has 1 N–H and O–H groups in total. The average Bonchev–Trinajstić information content (AvgIpc) is 2.40. The quantitative estimate of drug-likeness (QED) is 0.733. The first-order chi connectivity index (χ1) is 8.56. The summed E-state index contributed by atoms with van der Waals surface area (Å²) in [7, 11) is 0. The van der Waals surface area contributed by atoms with Crippen LogP contribution in [0.25, 0.3) is 0 Å². The third-order valence-corrected chi connectivity index (χ3v) is 5.18. The lowest BCUT2D eigenvalue weighted by Gasteiger charge is -2.29. The summed E-state index contributed by atoms with van der Waals surface area (Å²) >= 11 is 6.93. The molecule has 0 radical (unpaired) electrons. The fourth-order valence-corrected chi connectivity index (χ4v) is 3.13. The smallest absolute Gasteiger partial charge is 0.251 e. The van der Waals surface area contributed by atoms with Crippen LogP contribution in [0.1, 0.15) is 37.0 Å². The van der Waals surface area contributed by atoms with E-state index in [-0.39, 0.29) is 11.3 Å². The Morgan fingerprint density at radius 3 is 2.50 bits per heavy atom. The highest BCUT2D eigenvalue weighted by Gasteiger charge is 2.25. The van der Waals surface area contributed by atoms with Gasteiger partial charge in [0.15, 0.2) is 0 Å². The Kier molecular flexibility index (Phi) is 6.36. The monoisotopic (exact) mass is 375 g/mol. The zero-order valence-electron chi connectivity index (χ0n) is 10.8. The van der Waals surface area contributed by atoms with Crippen molar-refractivity contribution in [3.8, 4) is 0 Å². The topological polar surface area (TPSA) is 29.1 Å². The van der Waals surface area contributed by atoms with Crippen LogP contribution in [0, 0.1) is 5.41 Å². The summed E-state index contributed by atoms with van der Waals surface area (Å²) in [4.78, 5) is 12.0. The second-order valence-corrected chi connectivity index (χ2v) is 6.01. The molecule has 0 atom stereocenters. The minimum absolute atomic E-state index is 0.0106. The second kappa shape index (κ2) is 7.29. The molecular weight excluding hydrogens is 358 g/mol. The maximum Gasteiger partial charge on any atom is 0.251 e.